The van der Waals surface area contributed by atoms with Crippen LogP contribution in [0, 0.1) is 0 Å². The summed E-state index contributed by atoms with van der Waals surface area (Å²) in [5.74, 6) is -0.669. The van der Waals surface area contributed by atoms with Crippen molar-refractivity contribution < 1.29 is 9.59 Å². The summed E-state index contributed by atoms with van der Waals surface area (Å²) in [4.78, 5) is 22.2. The molecule has 0 aliphatic carbocycles. The van der Waals surface area contributed by atoms with E-state index in [0.717, 1.165) is 10.9 Å². The van der Waals surface area contributed by atoms with E-state index in [9.17, 15) is 9.59 Å². The molecule has 17 heavy (non-hydrogen) atoms. The fourth-order valence-electron chi connectivity index (χ4n) is 1.48. The van der Waals surface area contributed by atoms with Gasteiger partial charge in [0, 0.05) is 23.9 Å². The standard InChI is InChI=1S/C11H12N4O2/c12-10(16)3-4-13-11(17)7-1-2-8-6-14-15-9(8)5-7/h1-2,5-6H,3-4H2,(H2,12,16)(H,13,17)(H,14,15). The van der Waals surface area contributed by atoms with Gasteiger partial charge in [-0.3, -0.25) is 14.7 Å². The maximum absolute atomic E-state index is 11.7. The van der Waals surface area contributed by atoms with Crippen molar-refractivity contribution in [3.63, 3.8) is 0 Å². The zero-order valence-electron chi connectivity index (χ0n) is 9.06. The molecule has 0 aliphatic rings. The van der Waals surface area contributed by atoms with Gasteiger partial charge < -0.3 is 11.1 Å². The minimum atomic E-state index is -0.436. The van der Waals surface area contributed by atoms with Crippen LogP contribution in [0.3, 0.4) is 0 Å². The van der Waals surface area contributed by atoms with Crippen LogP contribution in [0.25, 0.3) is 10.9 Å². The summed E-state index contributed by atoms with van der Waals surface area (Å²) < 4.78 is 0. The van der Waals surface area contributed by atoms with Crippen molar-refractivity contribution >= 4 is 22.7 Å². The molecule has 1 aromatic carbocycles. The molecule has 0 saturated carbocycles. The first-order valence-electron chi connectivity index (χ1n) is 5.16. The number of H-pyrrole nitrogens is 1. The molecule has 0 spiro atoms. The summed E-state index contributed by atoms with van der Waals surface area (Å²) in [6.07, 6.45) is 1.82. The Morgan fingerprint density at radius 1 is 1.41 bits per heavy atom. The second-order valence-corrected chi connectivity index (χ2v) is 3.64. The third kappa shape index (κ3) is 2.60. The first-order chi connectivity index (χ1) is 8.16. The van der Waals surface area contributed by atoms with Gasteiger partial charge in [-0.1, -0.05) is 6.07 Å². The lowest BCUT2D eigenvalue weighted by Crippen LogP contribution is -2.27. The van der Waals surface area contributed by atoms with Gasteiger partial charge in [0.25, 0.3) is 5.91 Å². The molecule has 0 unspecified atom stereocenters. The summed E-state index contributed by atoms with van der Waals surface area (Å²) in [6.45, 7) is 0.245. The first-order valence-corrected chi connectivity index (χ1v) is 5.16. The number of benzene rings is 1. The van der Waals surface area contributed by atoms with E-state index in [1.54, 1.807) is 18.3 Å². The molecule has 2 amide bonds. The second-order valence-electron chi connectivity index (χ2n) is 3.64. The minimum absolute atomic E-state index is 0.137. The Balaban J connectivity index is 2.05. The van der Waals surface area contributed by atoms with Crippen LogP contribution < -0.4 is 11.1 Å². The van der Waals surface area contributed by atoms with Crippen molar-refractivity contribution in [3.05, 3.63) is 30.0 Å². The number of carbonyl (C=O) groups excluding carboxylic acids is 2. The van der Waals surface area contributed by atoms with Gasteiger partial charge in [-0.25, -0.2) is 0 Å². The Kier molecular flexibility index (Phi) is 3.04. The minimum Gasteiger partial charge on any atom is -0.370 e. The number of nitrogens with zero attached hydrogens (tertiary/aromatic N) is 1. The number of nitrogens with one attached hydrogen (secondary N) is 2. The molecule has 6 heteroatoms. The fraction of sp³-hybridized carbons (Fsp3) is 0.182. The predicted octanol–water partition coefficient (Wildman–Crippen LogP) is 0.168. The zero-order chi connectivity index (χ0) is 12.3. The van der Waals surface area contributed by atoms with Gasteiger partial charge in [-0.15, -0.1) is 0 Å². The summed E-state index contributed by atoms with van der Waals surface area (Å²) in [7, 11) is 0. The molecule has 0 aliphatic heterocycles. The number of hydrogen-bond donors (Lipinski definition) is 3. The van der Waals surface area contributed by atoms with Crippen LogP contribution in [0.4, 0.5) is 0 Å². The van der Waals surface area contributed by atoms with Crippen molar-refractivity contribution in [2.45, 2.75) is 6.42 Å². The van der Waals surface area contributed by atoms with Gasteiger partial charge in [-0.05, 0) is 12.1 Å². The van der Waals surface area contributed by atoms with Crippen LogP contribution in [0.2, 0.25) is 0 Å². The van der Waals surface area contributed by atoms with Gasteiger partial charge in [0.2, 0.25) is 5.91 Å². The summed E-state index contributed by atoms with van der Waals surface area (Å²) in [5, 5.41) is 10.2. The fourth-order valence-corrected chi connectivity index (χ4v) is 1.48. The highest BCUT2D eigenvalue weighted by Gasteiger charge is 2.06. The lowest BCUT2D eigenvalue weighted by molar-refractivity contribution is -0.117. The van der Waals surface area contributed by atoms with E-state index in [4.69, 9.17) is 5.73 Å². The lowest BCUT2D eigenvalue weighted by atomic mass is 10.1. The van der Waals surface area contributed by atoms with Crippen LogP contribution in [0.1, 0.15) is 16.8 Å². The molecule has 1 aromatic heterocycles. The van der Waals surface area contributed by atoms with Crippen LogP contribution in [0.15, 0.2) is 24.4 Å². The summed E-state index contributed by atoms with van der Waals surface area (Å²) in [6, 6.07) is 5.22. The molecule has 4 N–H and O–H groups in total. The molecule has 0 bridgehead atoms. The highest BCUT2D eigenvalue weighted by molar-refractivity contribution is 5.97. The molecule has 88 valence electrons. The van der Waals surface area contributed by atoms with Crippen molar-refractivity contribution in [2.75, 3.05) is 6.54 Å². The number of aromatic amines is 1. The molecule has 0 radical (unpaired) electrons. The highest BCUT2D eigenvalue weighted by Crippen LogP contribution is 2.12. The number of amides is 2. The van der Waals surface area contributed by atoms with Gasteiger partial charge in [0.05, 0.1) is 11.7 Å². The molecule has 0 fully saturated rings. The predicted molar refractivity (Wildman–Crippen MR) is 62.2 cm³/mol. The van der Waals surface area contributed by atoms with Crippen molar-refractivity contribution in [1.29, 1.82) is 0 Å². The Morgan fingerprint density at radius 3 is 3.00 bits per heavy atom. The van der Waals surface area contributed by atoms with E-state index >= 15 is 0 Å². The van der Waals surface area contributed by atoms with Crippen LogP contribution in [-0.4, -0.2) is 28.6 Å². The Hall–Kier alpha value is -2.37. The van der Waals surface area contributed by atoms with E-state index in [-0.39, 0.29) is 18.9 Å². The van der Waals surface area contributed by atoms with E-state index in [2.05, 4.69) is 15.5 Å². The van der Waals surface area contributed by atoms with E-state index < -0.39 is 5.91 Å². The number of primary amides is 1. The monoisotopic (exact) mass is 232 g/mol. The molecular weight excluding hydrogens is 220 g/mol. The molecule has 6 nitrogen and oxygen atoms in total. The largest absolute Gasteiger partial charge is 0.370 e. The Morgan fingerprint density at radius 2 is 2.24 bits per heavy atom. The van der Waals surface area contributed by atoms with Gasteiger partial charge >= 0.3 is 0 Å². The maximum Gasteiger partial charge on any atom is 0.251 e. The third-order valence-electron chi connectivity index (χ3n) is 2.36. The molecule has 2 aromatic rings. The molecule has 0 saturated heterocycles. The van der Waals surface area contributed by atoms with Crippen LogP contribution >= 0.6 is 0 Å². The second kappa shape index (κ2) is 4.65. The van der Waals surface area contributed by atoms with Gasteiger partial charge in [0.15, 0.2) is 0 Å². The summed E-state index contributed by atoms with van der Waals surface area (Å²) >= 11 is 0. The third-order valence-corrected chi connectivity index (χ3v) is 2.36. The van der Waals surface area contributed by atoms with Crippen LogP contribution in [0.5, 0.6) is 0 Å². The smallest absolute Gasteiger partial charge is 0.251 e. The lowest BCUT2D eigenvalue weighted by Gasteiger charge is -2.03. The number of hydrogen-bond acceptors (Lipinski definition) is 3. The quantitative estimate of drug-likeness (QED) is 0.700. The first kappa shape index (κ1) is 11.1. The average Bonchev–Trinajstić information content (AvgIpc) is 2.75. The number of carbonyl (C=O) groups is 2. The zero-order valence-corrected chi connectivity index (χ0v) is 9.06. The normalized spacial score (nSPS) is 10.4. The number of aromatic nitrogens is 2. The Labute approximate surface area is 97.2 Å². The average molecular weight is 232 g/mol. The van der Waals surface area contributed by atoms with Crippen molar-refractivity contribution in [2.24, 2.45) is 5.73 Å². The van der Waals surface area contributed by atoms with E-state index in [0.29, 0.717) is 5.56 Å². The molecule has 1 heterocycles. The number of nitrogens with two attached hydrogens (primary N) is 1. The molecular formula is C11H12N4O2. The Bertz CT molecular complexity index is 561. The molecule has 0 atom stereocenters. The SMILES string of the molecule is NC(=O)CCNC(=O)c1ccc2cn[nH]c2c1. The van der Waals surface area contributed by atoms with Gasteiger partial charge in [0.1, 0.15) is 0 Å². The topological polar surface area (TPSA) is 101 Å². The van der Waals surface area contributed by atoms with Crippen molar-refractivity contribution in [3.8, 4) is 0 Å². The number of fused-ring (bicyclic) bond motifs is 1. The van der Waals surface area contributed by atoms with Crippen molar-refractivity contribution in [1.82, 2.24) is 15.5 Å². The molecule has 2 rings (SSSR count). The van der Waals surface area contributed by atoms with Crippen LogP contribution in [-0.2, 0) is 4.79 Å². The van der Waals surface area contributed by atoms with E-state index in [1.807, 2.05) is 6.07 Å². The van der Waals surface area contributed by atoms with Gasteiger partial charge in [-0.2, -0.15) is 5.10 Å². The highest BCUT2D eigenvalue weighted by atomic mass is 16.2. The van der Waals surface area contributed by atoms with E-state index in [1.165, 1.54) is 0 Å². The number of rotatable bonds is 4. The maximum atomic E-state index is 11.7. The summed E-state index contributed by atoms with van der Waals surface area (Å²) in [5.41, 5.74) is 6.29.